The Kier molecular flexibility index (Phi) is 6.73. The number of para-hydroxylation sites is 1. The zero-order valence-electron chi connectivity index (χ0n) is 19.5. The fraction of sp³-hybridized carbons (Fsp3) is 0.400. The smallest absolute Gasteiger partial charge is 0.191 e. The van der Waals surface area contributed by atoms with E-state index in [0.717, 1.165) is 54.8 Å². The number of nitrogens with zero attached hydrogens (tertiary/aromatic N) is 5. The molecule has 2 aromatic heterocycles. The maximum Gasteiger partial charge on any atom is 0.191 e. The van der Waals surface area contributed by atoms with Gasteiger partial charge in [-0.25, -0.2) is 9.67 Å². The van der Waals surface area contributed by atoms with Crippen molar-refractivity contribution in [3.63, 3.8) is 0 Å². The number of hydrogen-bond donors (Lipinski definition) is 2. The number of aryl methyl sites for hydroxylation is 3. The number of hydrogen-bond acceptors (Lipinski definition) is 4. The third kappa shape index (κ3) is 5.10. The van der Waals surface area contributed by atoms with E-state index in [1.165, 1.54) is 11.1 Å². The standard InChI is InChI=1S/C25H33N7/c1-18-9-10-24(27-16-18)31-13-11-22(12-14-31)29-25(26-4)28-17-21-7-5-6-8-23(21)32-20(3)15-19(2)30-32/h5-10,15-16,22H,11-14,17H2,1-4H3,(H2,26,28,29). The van der Waals surface area contributed by atoms with E-state index in [1.807, 2.05) is 24.9 Å². The highest BCUT2D eigenvalue weighted by Gasteiger charge is 2.21. The molecule has 1 fully saturated rings. The molecule has 7 nitrogen and oxygen atoms in total. The molecule has 7 heteroatoms. The van der Waals surface area contributed by atoms with Gasteiger partial charge in [-0.15, -0.1) is 0 Å². The van der Waals surface area contributed by atoms with Crippen molar-refractivity contribution >= 4 is 11.8 Å². The van der Waals surface area contributed by atoms with Crippen LogP contribution in [0.3, 0.4) is 0 Å². The minimum atomic E-state index is 0.397. The molecule has 0 atom stereocenters. The third-order valence-corrected chi connectivity index (χ3v) is 5.95. The van der Waals surface area contributed by atoms with Gasteiger partial charge in [0, 0.05) is 44.6 Å². The molecule has 3 heterocycles. The molecule has 0 radical (unpaired) electrons. The highest BCUT2D eigenvalue weighted by Crippen LogP contribution is 2.19. The Balaban J connectivity index is 1.34. The van der Waals surface area contributed by atoms with Gasteiger partial charge in [-0.05, 0) is 62.9 Å². The first-order chi connectivity index (χ1) is 15.5. The van der Waals surface area contributed by atoms with E-state index in [9.17, 15) is 0 Å². The van der Waals surface area contributed by atoms with Crippen molar-refractivity contribution in [2.45, 2.75) is 46.2 Å². The molecule has 4 rings (SSSR count). The molecular formula is C25H33N7. The second-order valence-electron chi connectivity index (χ2n) is 8.49. The summed E-state index contributed by atoms with van der Waals surface area (Å²) in [5.74, 6) is 1.90. The van der Waals surface area contributed by atoms with Crippen LogP contribution in [0.2, 0.25) is 0 Å². The summed E-state index contributed by atoms with van der Waals surface area (Å²) in [6.45, 7) is 8.85. The molecule has 0 bridgehead atoms. The molecule has 1 aliphatic rings. The number of rotatable bonds is 5. The van der Waals surface area contributed by atoms with Crippen LogP contribution in [0, 0.1) is 20.8 Å². The van der Waals surface area contributed by atoms with Gasteiger partial charge in [0.2, 0.25) is 0 Å². The largest absolute Gasteiger partial charge is 0.356 e. The van der Waals surface area contributed by atoms with Crippen LogP contribution in [-0.2, 0) is 6.54 Å². The van der Waals surface area contributed by atoms with Gasteiger partial charge in [-0.1, -0.05) is 24.3 Å². The Morgan fingerprint density at radius 2 is 1.88 bits per heavy atom. The van der Waals surface area contributed by atoms with E-state index in [4.69, 9.17) is 0 Å². The van der Waals surface area contributed by atoms with E-state index in [2.05, 4.69) is 86.9 Å². The molecule has 0 aliphatic carbocycles. The van der Waals surface area contributed by atoms with Crippen LogP contribution in [0.5, 0.6) is 0 Å². The first-order valence-electron chi connectivity index (χ1n) is 11.3. The van der Waals surface area contributed by atoms with Gasteiger partial charge in [0.1, 0.15) is 5.82 Å². The number of anilines is 1. The summed E-state index contributed by atoms with van der Waals surface area (Å²) in [6, 6.07) is 15.1. The monoisotopic (exact) mass is 431 g/mol. The Morgan fingerprint density at radius 3 is 2.53 bits per heavy atom. The van der Waals surface area contributed by atoms with Crippen LogP contribution in [0.1, 0.15) is 35.4 Å². The SMILES string of the molecule is CN=C(NCc1ccccc1-n1nc(C)cc1C)NC1CCN(c2ccc(C)cn2)CC1. The average Bonchev–Trinajstić information content (AvgIpc) is 3.15. The molecular weight excluding hydrogens is 398 g/mol. The molecule has 1 aromatic carbocycles. The number of guanidine groups is 1. The lowest BCUT2D eigenvalue weighted by Crippen LogP contribution is -2.48. The lowest BCUT2D eigenvalue weighted by molar-refractivity contribution is 0.459. The van der Waals surface area contributed by atoms with Crippen LogP contribution < -0.4 is 15.5 Å². The fourth-order valence-corrected chi connectivity index (χ4v) is 4.21. The maximum atomic E-state index is 4.65. The van der Waals surface area contributed by atoms with Gasteiger partial charge in [0.25, 0.3) is 0 Å². The van der Waals surface area contributed by atoms with Crippen LogP contribution in [0.15, 0.2) is 53.7 Å². The van der Waals surface area contributed by atoms with E-state index < -0.39 is 0 Å². The van der Waals surface area contributed by atoms with Gasteiger partial charge >= 0.3 is 0 Å². The summed E-state index contributed by atoms with van der Waals surface area (Å²) in [4.78, 5) is 11.4. The molecule has 1 aliphatic heterocycles. The van der Waals surface area contributed by atoms with E-state index >= 15 is 0 Å². The second-order valence-corrected chi connectivity index (χ2v) is 8.49. The third-order valence-electron chi connectivity index (χ3n) is 5.95. The minimum Gasteiger partial charge on any atom is -0.356 e. The Labute approximate surface area is 190 Å². The predicted octanol–water partition coefficient (Wildman–Crippen LogP) is 3.53. The molecule has 0 saturated carbocycles. The topological polar surface area (TPSA) is 70.4 Å². The Hall–Kier alpha value is -3.35. The summed E-state index contributed by atoms with van der Waals surface area (Å²) in [7, 11) is 1.83. The number of piperidine rings is 1. The van der Waals surface area contributed by atoms with Crippen molar-refractivity contribution in [2.75, 3.05) is 25.0 Å². The molecule has 2 N–H and O–H groups in total. The number of aliphatic imine (C=N–C) groups is 1. The highest BCUT2D eigenvalue weighted by atomic mass is 15.3. The summed E-state index contributed by atoms with van der Waals surface area (Å²) in [5, 5.41) is 11.7. The first-order valence-corrected chi connectivity index (χ1v) is 11.3. The van der Waals surface area contributed by atoms with Gasteiger partial charge in [0.15, 0.2) is 5.96 Å². The number of pyridine rings is 1. The van der Waals surface area contributed by atoms with Gasteiger partial charge in [0.05, 0.1) is 11.4 Å². The summed E-state index contributed by atoms with van der Waals surface area (Å²) in [5.41, 5.74) is 5.63. The first kappa shape index (κ1) is 21.9. The molecule has 0 unspecified atom stereocenters. The summed E-state index contributed by atoms with van der Waals surface area (Å²) >= 11 is 0. The second kappa shape index (κ2) is 9.85. The summed E-state index contributed by atoms with van der Waals surface area (Å²) in [6.07, 6.45) is 4.05. The van der Waals surface area contributed by atoms with Crippen LogP contribution in [0.25, 0.3) is 5.69 Å². The molecule has 1 saturated heterocycles. The number of nitrogens with one attached hydrogen (secondary N) is 2. The van der Waals surface area contributed by atoms with Gasteiger partial charge in [-0.2, -0.15) is 5.10 Å². The van der Waals surface area contributed by atoms with Crippen LogP contribution in [-0.4, -0.2) is 46.9 Å². The zero-order valence-corrected chi connectivity index (χ0v) is 19.5. The van der Waals surface area contributed by atoms with Crippen molar-refractivity contribution in [1.82, 2.24) is 25.4 Å². The molecule has 168 valence electrons. The minimum absolute atomic E-state index is 0.397. The van der Waals surface area contributed by atoms with E-state index in [-0.39, 0.29) is 0 Å². The van der Waals surface area contributed by atoms with Crippen molar-refractivity contribution in [1.29, 1.82) is 0 Å². The van der Waals surface area contributed by atoms with Gasteiger partial charge in [-0.3, -0.25) is 4.99 Å². The fourth-order valence-electron chi connectivity index (χ4n) is 4.21. The molecule has 32 heavy (non-hydrogen) atoms. The highest BCUT2D eigenvalue weighted by molar-refractivity contribution is 5.80. The quantitative estimate of drug-likeness (QED) is 0.478. The molecule has 0 spiro atoms. The van der Waals surface area contributed by atoms with Gasteiger partial charge < -0.3 is 15.5 Å². The van der Waals surface area contributed by atoms with Crippen molar-refractivity contribution in [3.8, 4) is 5.69 Å². The number of benzene rings is 1. The molecule has 0 amide bonds. The van der Waals surface area contributed by atoms with Crippen molar-refractivity contribution in [2.24, 2.45) is 4.99 Å². The van der Waals surface area contributed by atoms with Crippen LogP contribution >= 0.6 is 0 Å². The Bertz CT molecular complexity index is 1060. The maximum absolute atomic E-state index is 4.65. The normalized spacial score (nSPS) is 15.1. The molecule has 3 aromatic rings. The lowest BCUT2D eigenvalue weighted by atomic mass is 10.1. The van der Waals surface area contributed by atoms with E-state index in [0.29, 0.717) is 12.6 Å². The van der Waals surface area contributed by atoms with E-state index in [1.54, 1.807) is 0 Å². The summed E-state index contributed by atoms with van der Waals surface area (Å²) < 4.78 is 2.01. The van der Waals surface area contributed by atoms with Crippen molar-refractivity contribution in [3.05, 3.63) is 71.2 Å². The van der Waals surface area contributed by atoms with Crippen LogP contribution in [0.4, 0.5) is 5.82 Å². The number of aromatic nitrogens is 3. The lowest BCUT2D eigenvalue weighted by Gasteiger charge is -2.33. The van der Waals surface area contributed by atoms with Crippen molar-refractivity contribution < 1.29 is 0 Å². The average molecular weight is 432 g/mol. The zero-order chi connectivity index (χ0) is 22.5. The predicted molar refractivity (Wildman–Crippen MR) is 131 cm³/mol. The Morgan fingerprint density at radius 1 is 1.09 bits per heavy atom.